The molecule has 0 saturated carbocycles. The lowest BCUT2D eigenvalue weighted by Crippen LogP contribution is -2.10. The van der Waals surface area contributed by atoms with E-state index >= 15 is 0 Å². The fraction of sp³-hybridized carbons (Fsp3) is 0.619. The van der Waals surface area contributed by atoms with Gasteiger partial charge in [-0.25, -0.2) is 0 Å². The van der Waals surface area contributed by atoms with E-state index in [1.165, 1.54) is 44.9 Å². The molecule has 1 rings (SSSR count). The van der Waals surface area contributed by atoms with Crippen LogP contribution in [-0.2, 0) is 16.0 Å². The number of Topliss-reactive ketones (excluding diaryl/α,β-unsaturated/α-hetero) is 2. The lowest BCUT2D eigenvalue weighted by atomic mass is 10.0. The molecule has 2 nitrogen and oxygen atoms in total. The molecule has 0 spiro atoms. The minimum Gasteiger partial charge on any atom is -0.299 e. The van der Waals surface area contributed by atoms with E-state index in [2.05, 4.69) is 6.92 Å². The third-order valence-electron chi connectivity index (χ3n) is 4.20. The maximum Gasteiger partial charge on any atom is 0.144 e. The van der Waals surface area contributed by atoms with Crippen LogP contribution in [0.25, 0.3) is 0 Å². The van der Waals surface area contributed by atoms with Gasteiger partial charge in [-0.3, -0.25) is 9.59 Å². The smallest absolute Gasteiger partial charge is 0.144 e. The summed E-state index contributed by atoms with van der Waals surface area (Å²) >= 11 is 0. The molecule has 0 aliphatic rings. The molecule has 23 heavy (non-hydrogen) atoms. The molecule has 0 saturated heterocycles. The van der Waals surface area contributed by atoms with Gasteiger partial charge < -0.3 is 0 Å². The zero-order valence-electron chi connectivity index (χ0n) is 14.7. The predicted octanol–water partition coefficient (Wildman–Crippen LogP) is 5.68. The van der Waals surface area contributed by atoms with Crippen molar-refractivity contribution in [2.45, 2.75) is 84.0 Å². The molecule has 1 aromatic carbocycles. The van der Waals surface area contributed by atoms with Crippen molar-refractivity contribution in [1.82, 2.24) is 0 Å². The fourth-order valence-corrected chi connectivity index (χ4v) is 2.83. The monoisotopic (exact) mass is 316 g/mol. The van der Waals surface area contributed by atoms with Crippen LogP contribution in [0.3, 0.4) is 0 Å². The quantitative estimate of drug-likeness (QED) is 0.327. The van der Waals surface area contributed by atoms with Gasteiger partial charge in [0.05, 0.1) is 6.42 Å². The van der Waals surface area contributed by atoms with E-state index in [1.807, 2.05) is 30.3 Å². The summed E-state index contributed by atoms with van der Waals surface area (Å²) in [6, 6.07) is 9.65. The highest BCUT2D eigenvalue weighted by atomic mass is 16.1. The maximum atomic E-state index is 11.9. The van der Waals surface area contributed by atoms with Gasteiger partial charge in [-0.1, -0.05) is 88.6 Å². The van der Waals surface area contributed by atoms with E-state index < -0.39 is 0 Å². The Balaban J connectivity index is 1.98. The molecular formula is C21H32O2. The molecule has 0 fully saturated rings. The van der Waals surface area contributed by atoms with Crippen molar-refractivity contribution in [3.05, 3.63) is 35.9 Å². The molecule has 0 aliphatic heterocycles. The minimum absolute atomic E-state index is 0.0390. The van der Waals surface area contributed by atoms with E-state index in [0.29, 0.717) is 12.8 Å². The lowest BCUT2D eigenvalue weighted by Gasteiger charge is -2.03. The van der Waals surface area contributed by atoms with Gasteiger partial charge in [0.1, 0.15) is 11.6 Å². The van der Waals surface area contributed by atoms with Crippen LogP contribution in [-0.4, -0.2) is 11.6 Å². The summed E-state index contributed by atoms with van der Waals surface area (Å²) in [6.07, 6.45) is 12.3. The summed E-state index contributed by atoms with van der Waals surface area (Å²) in [5.41, 5.74) is 0.994. The number of benzene rings is 1. The Kier molecular flexibility index (Phi) is 11.1. The minimum atomic E-state index is 0.0390. The predicted molar refractivity (Wildman–Crippen MR) is 96.6 cm³/mol. The van der Waals surface area contributed by atoms with Gasteiger partial charge >= 0.3 is 0 Å². The summed E-state index contributed by atoms with van der Waals surface area (Å²) in [5, 5.41) is 0. The first-order valence-corrected chi connectivity index (χ1v) is 9.29. The van der Waals surface area contributed by atoms with E-state index in [4.69, 9.17) is 0 Å². The van der Waals surface area contributed by atoms with Crippen molar-refractivity contribution in [3.8, 4) is 0 Å². The van der Waals surface area contributed by atoms with Crippen LogP contribution >= 0.6 is 0 Å². The first-order chi connectivity index (χ1) is 11.2. The summed E-state index contributed by atoms with van der Waals surface area (Å²) in [5.74, 6) is 0.144. The van der Waals surface area contributed by atoms with Crippen molar-refractivity contribution < 1.29 is 9.59 Å². The van der Waals surface area contributed by atoms with Gasteiger partial charge in [-0.2, -0.15) is 0 Å². The molecule has 128 valence electrons. The molecule has 0 heterocycles. The summed E-state index contributed by atoms with van der Waals surface area (Å²) in [6.45, 7) is 2.24. The fourth-order valence-electron chi connectivity index (χ4n) is 2.83. The average molecular weight is 316 g/mol. The first kappa shape index (κ1) is 19.6. The summed E-state index contributed by atoms with van der Waals surface area (Å²) in [4.78, 5) is 23.7. The second-order valence-electron chi connectivity index (χ2n) is 6.49. The Hall–Kier alpha value is -1.44. The zero-order valence-corrected chi connectivity index (χ0v) is 14.7. The SMILES string of the molecule is CCCCCCCCCCCC(=O)CC(=O)Cc1ccccc1. The van der Waals surface area contributed by atoms with Gasteiger partial charge in [0, 0.05) is 12.8 Å². The Morgan fingerprint density at radius 2 is 1.30 bits per heavy atom. The van der Waals surface area contributed by atoms with Crippen LogP contribution < -0.4 is 0 Å². The highest BCUT2D eigenvalue weighted by Gasteiger charge is 2.10. The molecule has 2 heteroatoms. The largest absolute Gasteiger partial charge is 0.299 e. The van der Waals surface area contributed by atoms with Crippen molar-refractivity contribution in [2.75, 3.05) is 0 Å². The summed E-state index contributed by atoms with van der Waals surface area (Å²) in [7, 11) is 0. The van der Waals surface area contributed by atoms with Crippen molar-refractivity contribution in [2.24, 2.45) is 0 Å². The average Bonchev–Trinajstić information content (AvgIpc) is 2.54. The molecule has 1 aromatic rings. The number of hydrogen-bond donors (Lipinski definition) is 0. The van der Waals surface area contributed by atoms with Crippen molar-refractivity contribution >= 4 is 11.6 Å². The van der Waals surface area contributed by atoms with Gasteiger partial charge in [-0.05, 0) is 12.0 Å². The van der Waals surface area contributed by atoms with Crippen LogP contribution in [0.15, 0.2) is 30.3 Å². The molecule has 0 amide bonds. The molecule has 0 bridgehead atoms. The molecule has 0 aromatic heterocycles. The molecular weight excluding hydrogens is 284 g/mol. The van der Waals surface area contributed by atoms with Gasteiger partial charge in [0.2, 0.25) is 0 Å². The molecule has 0 aliphatic carbocycles. The van der Waals surface area contributed by atoms with Crippen LogP contribution in [0.4, 0.5) is 0 Å². The van der Waals surface area contributed by atoms with Crippen LogP contribution in [0.5, 0.6) is 0 Å². The van der Waals surface area contributed by atoms with Crippen molar-refractivity contribution in [3.63, 3.8) is 0 Å². The Morgan fingerprint density at radius 1 is 0.739 bits per heavy atom. The summed E-state index contributed by atoms with van der Waals surface area (Å²) < 4.78 is 0. The van der Waals surface area contributed by atoms with Crippen molar-refractivity contribution in [1.29, 1.82) is 0 Å². The van der Waals surface area contributed by atoms with E-state index in [1.54, 1.807) is 0 Å². The van der Waals surface area contributed by atoms with Gasteiger partial charge in [0.15, 0.2) is 0 Å². The highest BCUT2D eigenvalue weighted by molar-refractivity contribution is 5.99. The standard InChI is InChI=1S/C21H32O2/c1-2-3-4-5-6-7-8-9-13-16-20(22)18-21(23)17-19-14-11-10-12-15-19/h10-12,14-15H,2-9,13,16-18H2,1H3. The number of rotatable bonds is 14. The third kappa shape index (κ3) is 10.8. The number of carbonyl (C=O) groups is 2. The first-order valence-electron chi connectivity index (χ1n) is 9.29. The Bertz CT molecular complexity index is 436. The van der Waals surface area contributed by atoms with Crippen LogP contribution in [0.2, 0.25) is 0 Å². The second-order valence-corrected chi connectivity index (χ2v) is 6.49. The normalized spacial score (nSPS) is 10.7. The molecule has 0 N–H and O–H groups in total. The number of unbranched alkanes of at least 4 members (excludes halogenated alkanes) is 8. The van der Waals surface area contributed by atoms with E-state index in [-0.39, 0.29) is 18.0 Å². The number of carbonyl (C=O) groups excluding carboxylic acids is 2. The van der Waals surface area contributed by atoms with Crippen LogP contribution in [0.1, 0.15) is 83.1 Å². The molecule has 0 radical (unpaired) electrons. The highest BCUT2D eigenvalue weighted by Crippen LogP contribution is 2.11. The van der Waals surface area contributed by atoms with Gasteiger partial charge in [0.25, 0.3) is 0 Å². The topological polar surface area (TPSA) is 34.1 Å². The van der Waals surface area contributed by atoms with Crippen LogP contribution in [0, 0.1) is 0 Å². The molecule has 0 unspecified atom stereocenters. The number of ketones is 2. The van der Waals surface area contributed by atoms with E-state index in [0.717, 1.165) is 18.4 Å². The number of hydrogen-bond acceptors (Lipinski definition) is 2. The second kappa shape index (κ2) is 13.0. The third-order valence-corrected chi connectivity index (χ3v) is 4.20. The van der Waals surface area contributed by atoms with E-state index in [9.17, 15) is 9.59 Å². The zero-order chi connectivity index (χ0) is 16.8. The lowest BCUT2D eigenvalue weighted by molar-refractivity contribution is -0.126. The maximum absolute atomic E-state index is 11.9. The molecule has 0 atom stereocenters. The Labute approximate surface area is 141 Å². The van der Waals surface area contributed by atoms with Gasteiger partial charge in [-0.15, -0.1) is 0 Å². The Morgan fingerprint density at radius 3 is 1.91 bits per heavy atom.